The third kappa shape index (κ3) is 17.5. The lowest BCUT2D eigenvalue weighted by molar-refractivity contribution is -0.201. The lowest BCUT2D eigenvalue weighted by Crippen LogP contribution is -2.63. The second-order valence-corrected chi connectivity index (χ2v) is 42.5. The molecule has 2 heterocycles. The average molecular weight is 1920 g/mol. The molecule has 14 aliphatic rings. The van der Waals surface area contributed by atoms with E-state index in [1.807, 2.05) is 71.9 Å². The van der Waals surface area contributed by atoms with Crippen molar-refractivity contribution >= 4 is 76.1 Å². The smallest absolute Gasteiger partial charge is 0.412 e. The van der Waals surface area contributed by atoms with Crippen LogP contribution in [0.4, 0.5) is 21.9 Å². The summed E-state index contributed by atoms with van der Waals surface area (Å²) in [6, 6.07) is 40.7. The largest absolute Gasteiger partial charge is 0.489 e. The van der Waals surface area contributed by atoms with E-state index in [-0.39, 0.29) is 90.9 Å². The second-order valence-electron chi connectivity index (χ2n) is 42.5. The number of aliphatic hydroxyl groups excluding tert-OH is 7. The van der Waals surface area contributed by atoms with Crippen LogP contribution in [-0.2, 0) is 59.1 Å². The fourth-order valence-corrected chi connectivity index (χ4v) is 27.6. The molecule has 6 aromatic carbocycles. The van der Waals surface area contributed by atoms with Gasteiger partial charge in [-0.15, -0.1) is 0 Å². The van der Waals surface area contributed by atoms with Crippen molar-refractivity contribution in [1.29, 1.82) is 0 Å². The Balaban J connectivity index is 0.000000139. The SMILES string of the molecule is C.CC(C)(C)OC(=O)Nc1cccc(OCc2ccc(C=O)cc2)c1.C[C@]12C=CC(=O)C=C1CC[C@@H]1[C@@H]2[C@@H](O)C[C@@]2(C)[C@H]1C[C@@H](O)[C@]2(O)C(=O)CO.C[C@]12C=CC(=O)C=C1CC[C@@H]1[C@@H]2[C@@H](O)C[C@@]2(C)[C@H]1C[C@H]1O[C@@H](c3ccc(C(=O)Oc4cccc(N)c4)cc3)O[C@]12C(=O)CO.C[C@]12C=CC(=O)C=C1CC[C@@H]1[C@@H]2[C@@H](O)C[C@@]2(C)[C@H]1C[C@H]1O[C@H](c3ccc(C(=O)Oc4cccc(N)c4)cc3)O[C@]12C(=O)CO. The van der Waals surface area contributed by atoms with Gasteiger partial charge >= 0.3 is 18.0 Å². The molecule has 0 unspecified atom stereocenters. The van der Waals surface area contributed by atoms with Gasteiger partial charge in [-0.1, -0.05) is 151 Å². The third-order valence-corrected chi connectivity index (χ3v) is 33.8. The molecule has 29 heteroatoms. The molecule has 0 bridgehead atoms. The van der Waals surface area contributed by atoms with Crippen LogP contribution in [0.2, 0.25) is 0 Å². The first-order valence-electron chi connectivity index (χ1n) is 47.9. The molecular weight excluding hydrogens is 1790 g/mol. The topological polar surface area (TPSA) is 470 Å². The zero-order valence-electron chi connectivity index (χ0n) is 79.3. The molecule has 2 saturated heterocycles. The van der Waals surface area contributed by atoms with Crippen LogP contribution < -0.4 is 31.0 Å². The van der Waals surface area contributed by atoms with Gasteiger partial charge in [0.25, 0.3) is 0 Å². The van der Waals surface area contributed by atoms with Crippen molar-refractivity contribution in [2.24, 2.45) is 85.8 Å². The quantitative estimate of drug-likeness (QED) is 0.0175. The maximum absolute atomic E-state index is 13.7. The number of anilines is 3. The summed E-state index contributed by atoms with van der Waals surface area (Å²) in [4.78, 5) is 124. The first-order chi connectivity index (χ1) is 65.9. The number of ketones is 6. The normalized spacial score (nSPS) is 36.0. The number of hydrogen-bond donors (Lipinski definition) is 11. The van der Waals surface area contributed by atoms with E-state index >= 15 is 0 Å². The minimum absolute atomic E-state index is 0. The van der Waals surface area contributed by atoms with Gasteiger partial charge in [0.2, 0.25) is 0 Å². The van der Waals surface area contributed by atoms with Gasteiger partial charge in [0.15, 0.2) is 64.1 Å². The summed E-state index contributed by atoms with van der Waals surface area (Å²) in [6.07, 6.45) is 16.1. The van der Waals surface area contributed by atoms with E-state index in [2.05, 4.69) is 19.2 Å². The number of carbonyl (C=O) groups is 10. The predicted molar refractivity (Wildman–Crippen MR) is 514 cm³/mol. The van der Waals surface area contributed by atoms with E-state index in [0.717, 1.165) is 67.1 Å². The average Bonchev–Trinajstić information content (AvgIpc) is 1.52. The van der Waals surface area contributed by atoms with Crippen molar-refractivity contribution in [1.82, 2.24) is 0 Å². The Morgan fingerprint density at radius 1 is 0.493 bits per heavy atom. The zero-order chi connectivity index (χ0) is 99.4. The van der Waals surface area contributed by atoms with Crippen LogP contribution in [0.1, 0.15) is 207 Å². The minimum atomic E-state index is -2.05. The van der Waals surface area contributed by atoms with Crippen LogP contribution in [-0.4, -0.2) is 179 Å². The molecule has 0 aromatic heterocycles. The monoisotopic (exact) mass is 1920 g/mol. The molecular formula is C111H127N3O26. The Morgan fingerprint density at radius 2 is 0.879 bits per heavy atom. The van der Waals surface area contributed by atoms with Gasteiger partial charge in [-0.2, -0.15) is 0 Å². The Hall–Kier alpha value is -11.4. The number of carbonyl (C=O) groups excluding carboxylic acids is 10. The van der Waals surface area contributed by atoms with Crippen LogP contribution in [0, 0.1) is 85.8 Å². The van der Waals surface area contributed by atoms with Crippen LogP contribution in [0.25, 0.3) is 0 Å². The highest BCUT2D eigenvalue weighted by atomic mass is 16.8. The summed E-state index contributed by atoms with van der Waals surface area (Å²) in [5.74, 6) is -1.87. The molecule has 20 rings (SSSR count). The van der Waals surface area contributed by atoms with Crippen LogP contribution >= 0.6 is 0 Å². The molecule has 2 aliphatic heterocycles. The fraction of sp³-hybridized carbons (Fsp3) is 0.477. The number of aldehydes is 1. The second kappa shape index (κ2) is 38.4. The first-order valence-corrected chi connectivity index (χ1v) is 47.9. The molecule has 26 atom stereocenters. The summed E-state index contributed by atoms with van der Waals surface area (Å²) >= 11 is 0. The van der Waals surface area contributed by atoms with E-state index < -0.39 is 159 Å². The lowest BCUT2D eigenvalue weighted by atomic mass is 9.46. The first kappa shape index (κ1) is 102. The maximum atomic E-state index is 13.7. The van der Waals surface area contributed by atoms with E-state index in [9.17, 15) is 88.8 Å². The number of aliphatic hydroxyl groups is 8. The van der Waals surface area contributed by atoms with Gasteiger partial charge in [0, 0.05) is 102 Å². The number of benzene rings is 6. The van der Waals surface area contributed by atoms with Crippen LogP contribution in [0.3, 0.4) is 0 Å². The molecule has 0 spiro atoms. The number of allylic oxidation sites excluding steroid dienone is 12. The molecule has 11 fully saturated rings. The number of rotatable bonds is 17. The standard InChI is InChI=1S/2C35H37NO8.C21H28O6.C19H21NO4.CH4/c2*1-33-13-12-23(38)14-21(33)10-11-25-26-16-29-35(28(40)18-37,34(26,2)17-27(39)30(25)33)44-32(43-29)20-8-6-19(7-9-20)31(41)42-24-5-3-4-22(36)15-24;1-19-6-5-12(23)7-11(19)3-4-13-14-8-16(25)21(27,17(26)10-22)20(14,2)9-15(24)18(13)19;1-19(2,3)24-18(22)20-16-5-4-6-17(11-16)23-13-15-9-7-14(12-21)8-10-15;/h2*3-9,12-15,25-27,29-30,32,37,39H,10-11,16-18,36H2,1-2H3;5-7,13-16,18,22,24-25,27H,3-4,8-10H2,1-2H3;4-12H,13H2,1-3H3,(H,20,22);1H4/t25-,26-,27-,29+,30+,32+,33-,34-,35+;25-,26-,27-,29+,30+,32-,33-,34-,35+;13-,14-,15-,16+,18+,19-,20-,21-;;/m000../s1. The van der Waals surface area contributed by atoms with E-state index in [0.29, 0.717) is 94.4 Å². The Morgan fingerprint density at radius 3 is 1.26 bits per heavy atom. The fourth-order valence-electron chi connectivity index (χ4n) is 27.6. The molecule has 13 N–H and O–H groups in total. The Bertz CT molecular complexity index is 5820. The Labute approximate surface area is 813 Å². The number of amides is 1. The van der Waals surface area contributed by atoms with Crippen molar-refractivity contribution in [2.45, 2.75) is 225 Å². The Kier molecular flexibility index (Phi) is 27.9. The summed E-state index contributed by atoms with van der Waals surface area (Å²) in [5, 5.41) is 89.0. The van der Waals surface area contributed by atoms with Crippen LogP contribution in [0.15, 0.2) is 217 Å². The minimum Gasteiger partial charge on any atom is -0.489 e. The molecule has 12 aliphatic carbocycles. The maximum Gasteiger partial charge on any atom is 0.412 e. The molecule has 29 nitrogen and oxygen atoms in total. The number of nitrogens with one attached hydrogen (secondary N) is 1. The molecule has 140 heavy (non-hydrogen) atoms. The highest BCUT2D eigenvalue weighted by Crippen LogP contribution is 2.74. The number of ether oxygens (including phenoxy) is 8. The number of Topliss-reactive ketones (excluding diaryl/α,β-unsaturated/α-hetero) is 3. The van der Waals surface area contributed by atoms with Gasteiger partial charge in [0.05, 0.1) is 47.8 Å². The summed E-state index contributed by atoms with van der Waals surface area (Å²) in [7, 11) is 0. The molecule has 0 radical (unpaired) electrons. The summed E-state index contributed by atoms with van der Waals surface area (Å²) in [6.45, 7) is 15.6. The lowest BCUT2D eigenvalue weighted by Gasteiger charge is -2.59. The number of nitrogens with two attached hydrogens (primary N) is 2. The number of hydrogen-bond acceptors (Lipinski definition) is 28. The van der Waals surface area contributed by atoms with Crippen molar-refractivity contribution in [2.75, 3.05) is 36.6 Å². The van der Waals surface area contributed by atoms with Crippen molar-refractivity contribution in [3.63, 3.8) is 0 Å². The number of esters is 2. The molecule has 9 saturated carbocycles. The van der Waals surface area contributed by atoms with Gasteiger partial charge in [-0.05, 0) is 236 Å². The van der Waals surface area contributed by atoms with E-state index in [1.165, 1.54) is 0 Å². The number of nitrogen functional groups attached to an aromatic ring is 2. The van der Waals surface area contributed by atoms with Crippen molar-refractivity contribution in [3.8, 4) is 17.2 Å². The summed E-state index contributed by atoms with van der Waals surface area (Å²) < 4.78 is 48.0. The van der Waals surface area contributed by atoms with Crippen LogP contribution in [0.5, 0.6) is 17.2 Å². The third-order valence-electron chi connectivity index (χ3n) is 33.8. The molecule has 6 aromatic rings. The van der Waals surface area contributed by atoms with Crippen molar-refractivity contribution < 1.29 is 127 Å². The highest BCUT2D eigenvalue weighted by molar-refractivity contribution is 6.03. The highest BCUT2D eigenvalue weighted by Gasteiger charge is 2.79. The summed E-state index contributed by atoms with van der Waals surface area (Å²) in [5.41, 5.74) is 10.3. The van der Waals surface area contributed by atoms with E-state index in [1.54, 1.807) is 177 Å². The number of fused-ring (bicyclic) bond motifs is 19. The van der Waals surface area contributed by atoms with Gasteiger partial charge < -0.3 is 90.2 Å². The van der Waals surface area contributed by atoms with Gasteiger partial charge in [-0.3, -0.25) is 38.9 Å². The molecule has 1 amide bonds. The zero-order valence-corrected chi connectivity index (χ0v) is 79.3. The van der Waals surface area contributed by atoms with Gasteiger partial charge in [0.1, 0.15) is 55.6 Å². The van der Waals surface area contributed by atoms with Crippen molar-refractivity contribution in [3.05, 3.63) is 250 Å². The molecule has 742 valence electrons. The predicted octanol–water partition coefficient (Wildman–Crippen LogP) is 13.8. The van der Waals surface area contributed by atoms with E-state index in [4.69, 9.17) is 49.4 Å². The van der Waals surface area contributed by atoms with Gasteiger partial charge in [-0.25, -0.2) is 14.4 Å².